The molecule has 0 aliphatic heterocycles. The Labute approximate surface area is 165 Å². The normalized spacial score (nSPS) is 11.5. The van der Waals surface area contributed by atoms with E-state index in [-0.39, 0.29) is 24.0 Å². The molecule has 0 saturated heterocycles. The van der Waals surface area contributed by atoms with Crippen LogP contribution >= 0.6 is 24.0 Å². The average molecular weight is 449 g/mol. The molecule has 0 spiro atoms. The van der Waals surface area contributed by atoms with Crippen LogP contribution in [0.4, 0.5) is 0 Å². The van der Waals surface area contributed by atoms with Crippen molar-refractivity contribution in [1.82, 2.24) is 20.4 Å². The Kier molecular flexibility index (Phi) is 12.1. The fourth-order valence-electron chi connectivity index (χ4n) is 2.79. The number of hydrogen-bond acceptors (Lipinski definition) is 2. The van der Waals surface area contributed by atoms with Gasteiger partial charge in [-0.3, -0.25) is 4.68 Å². The molecule has 140 valence electrons. The van der Waals surface area contributed by atoms with Gasteiger partial charge in [0.2, 0.25) is 0 Å². The smallest absolute Gasteiger partial charge is 0.191 e. The molecule has 1 aromatic heterocycles. The Balaban J connectivity index is 0.00000529. The summed E-state index contributed by atoms with van der Waals surface area (Å²) in [5, 5.41) is 11.4. The molecule has 5 nitrogen and oxygen atoms in total. The van der Waals surface area contributed by atoms with Crippen LogP contribution in [0.25, 0.3) is 0 Å². The molecule has 0 aromatic carbocycles. The third-order valence-electron chi connectivity index (χ3n) is 4.02. The first-order chi connectivity index (χ1) is 11.0. The molecule has 0 radical (unpaired) electrons. The maximum atomic E-state index is 4.77. The van der Waals surface area contributed by atoms with Gasteiger partial charge in [-0.1, -0.05) is 27.7 Å². The highest BCUT2D eigenvalue weighted by Crippen LogP contribution is 2.16. The summed E-state index contributed by atoms with van der Waals surface area (Å²) in [5.41, 5.74) is 3.75. The second-order valence-electron chi connectivity index (χ2n) is 6.36. The third kappa shape index (κ3) is 7.40. The van der Waals surface area contributed by atoms with E-state index in [1.54, 1.807) is 0 Å². The van der Waals surface area contributed by atoms with E-state index in [9.17, 15) is 0 Å². The summed E-state index contributed by atoms with van der Waals surface area (Å²) in [6.07, 6.45) is 4.37. The SMILES string of the molecule is CCNC(=NCc1c(CC)nn(C)c1CC)NCCCC(C)C.I. The predicted molar refractivity (Wildman–Crippen MR) is 114 cm³/mol. The zero-order valence-corrected chi connectivity index (χ0v) is 18.6. The Hall–Kier alpha value is -0.790. The lowest BCUT2D eigenvalue weighted by atomic mass is 10.1. The fourth-order valence-corrected chi connectivity index (χ4v) is 2.79. The van der Waals surface area contributed by atoms with Crippen molar-refractivity contribution < 1.29 is 0 Å². The highest BCUT2D eigenvalue weighted by molar-refractivity contribution is 14.0. The maximum Gasteiger partial charge on any atom is 0.191 e. The van der Waals surface area contributed by atoms with E-state index in [0.717, 1.165) is 37.8 Å². The van der Waals surface area contributed by atoms with Gasteiger partial charge >= 0.3 is 0 Å². The lowest BCUT2D eigenvalue weighted by molar-refractivity contribution is 0.549. The number of aromatic nitrogens is 2. The maximum absolute atomic E-state index is 4.77. The van der Waals surface area contributed by atoms with Crippen LogP contribution in [0, 0.1) is 5.92 Å². The zero-order chi connectivity index (χ0) is 17.2. The molecule has 0 saturated carbocycles. The van der Waals surface area contributed by atoms with E-state index >= 15 is 0 Å². The minimum Gasteiger partial charge on any atom is -0.357 e. The first kappa shape index (κ1) is 23.2. The fraction of sp³-hybridized carbons (Fsp3) is 0.778. The van der Waals surface area contributed by atoms with Crippen molar-refractivity contribution in [3.8, 4) is 0 Å². The van der Waals surface area contributed by atoms with Crippen molar-refractivity contribution in [3.63, 3.8) is 0 Å². The lowest BCUT2D eigenvalue weighted by Crippen LogP contribution is -2.37. The van der Waals surface area contributed by atoms with Crippen molar-refractivity contribution in [1.29, 1.82) is 0 Å². The zero-order valence-electron chi connectivity index (χ0n) is 16.3. The number of guanidine groups is 1. The molecule has 1 heterocycles. The Morgan fingerprint density at radius 2 is 1.88 bits per heavy atom. The van der Waals surface area contributed by atoms with E-state index in [2.05, 4.69) is 50.4 Å². The summed E-state index contributed by atoms with van der Waals surface area (Å²) in [6.45, 7) is 13.5. The quantitative estimate of drug-likeness (QED) is 0.262. The Morgan fingerprint density at radius 1 is 1.17 bits per heavy atom. The van der Waals surface area contributed by atoms with Gasteiger partial charge in [0.25, 0.3) is 0 Å². The molecule has 1 rings (SSSR count). The second-order valence-corrected chi connectivity index (χ2v) is 6.36. The van der Waals surface area contributed by atoms with Crippen LogP contribution in [0.2, 0.25) is 0 Å². The molecule has 0 amide bonds. The molecule has 0 atom stereocenters. The van der Waals surface area contributed by atoms with Crippen LogP contribution < -0.4 is 10.6 Å². The first-order valence-electron chi connectivity index (χ1n) is 9.09. The molecule has 24 heavy (non-hydrogen) atoms. The summed E-state index contributed by atoms with van der Waals surface area (Å²) >= 11 is 0. The second kappa shape index (κ2) is 12.6. The summed E-state index contributed by atoms with van der Waals surface area (Å²) in [7, 11) is 2.03. The number of nitrogens with one attached hydrogen (secondary N) is 2. The third-order valence-corrected chi connectivity index (χ3v) is 4.02. The molecule has 0 fully saturated rings. The molecule has 6 heteroatoms. The molecule has 0 bridgehead atoms. The Morgan fingerprint density at radius 3 is 2.42 bits per heavy atom. The monoisotopic (exact) mass is 449 g/mol. The highest BCUT2D eigenvalue weighted by Gasteiger charge is 2.13. The number of aliphatic imine (C=N–C) groups is 1. The van der Waals surface area contributed by atoms with Gasteiger partial charge < -0.3 is 10.6 Å². The van der Waals surface area contributed by atoms with Crippen molar-refractivity contribution in [2.75, 3.05) is 13.1 Å². The van der Waals surface area contributed by atoms with E-state index in [4.69, 9.17) is 4.99 Å². The van der Waals surface area contributed by atoms with Crippen molar-refractivity contribution in [2.24, 2.45) is 18.0 Å². The standard InChI is InChI=1S/C18H35N5.HI/c1-7-16-15(17(8-2)23(6)22-16)13-21-18(19-9-3)20-12-10-11-14(4)5;/h14H,7-13H2,1-6H3,(H2,19,20,21);1H. The van der Waals surface area contributed by atoms with Gasteiger partial charge in [0, 0.05) is 31.4 Å². The number of halogens is 1. The van der Waals surface area contributed by atoms with Gasteiger partial charge in [0.05, 0.1) is 12.2 Å². The summed E-state index contributed by atoms with van der Waals surface area (Å²) < 4.78 is 2.01. The van der Waals surface area contributed by atoms with Crippen molar-refractivity contribution in [3.05, 3.63) is 17.0 Å². The summed E-state index contributed by atoms with van der Waals surface area (Å²) in [4.78, 5) is 4.77. The van der Waals surface area contributed by atoms with Crippen LogP contribution in [0.1, 0.15) is 64.4 Å². The molecule has 2 N–H and O–H groups in total. The molecule has 0 aliphatic rings. The molecule has 1 aromatic rings. The van der Waals surface area contributed by atoms with Gasteiger partial charge in [-0.25, -0.2) is 4.99 Å². The van der Waals surface area contributed by atoms with Crippen LogP contribution in [0.15, 0.2) is 4.99 Å². The summed E-state index contributed by atoms with van der Waals surface area (Å²) in [5.74, 6) is 1.66. The first-order valence-corrected chi connectivity index (χ1v) is 9.09. The summed E-state index contributed by atoms with van der Waals surface area (Å²) in [6, 6.07) is 0. The average Bonchev–Trinajstić information content (AvgIpc) is 2.83. The van der Waals surface area contributed by atoms with E-state index < -0.39 is 0 Å². The van der Waals surface area contributed by atoms with E-state index in [1.807, 2.05) is 11.7 Å². The van der Waals surface area contributed by atoms with E-state index in [0.29, 0.717) is 6.54 Å². The minimum atomic E-state index is 0. The number of hydrogen-bond donors (Lipinski definition) is 2. The van der Waals surface area contributed by atoms with Gasteiger partial charge in [0.15, 0.2) is 5.96 Å². The van der Waals surface area contributed by atoms with Crippen LogP contribution in [-0.4, -0.2) is 28.8 Å². The van der Waals surface area contributed by atoms with E-state index in [1.165, 1.54) is 29.8 Å². The van der Waals surface area contributed by atoms with Gasteiger partial charge in [0.1, 0.15) is 0 Å². The van der Waals surface area contributed by atoms with Gasteiger partial charge in [-0.15, -0.1) is 24.0 Å². The molecular formula is C18H36IN5. The highest BCUT2D eigenvalue weighted by atomic mass is 127. The van der Waals surface area contributed by atoms with Gasteiger partial charge in [-0.2, -0.15) is 5.10 Å². The minimum absolute atomic E-state index is 0. The van der Waals surface area contributed by atoms with Gasteiger partial charge in [-0.05, 0) is 38.5 Å². The molecule has 0 aliphatic carbocycles. The molecular weight excluding hydrogens is 413 g/mol. The topological polar surface area (TPSA) is 54.2 Å². The van der Waals surface area contributed by atoms with Crippen LogP contribution in [-0.2, 0) is 26.4 Å². The number of aryl methyl sites for hydroxylation is 2. The van der Waals surface area contributed by atoms with Crippen molar-refractivity contribution >= 4 is 29.9 Å². The largest absolute Gasteiger partial charge is 0.357 e. The number of rotatable bonds is 9. The van der Waals surface area contributed by atoms with Crippen LogP contribution in [0.5, 0.6) is 0 Å². The number of nitrogens with zero attached hydrogens (tertiary/aromatic N) is 3. The lowest BCUT2D eigenvalue weighted by Gasteiger charge is -2.12. The molecule has 0 unspecified atom stereocenters. The Bertz CT molecular complexity index is 494. The van der Waals surface area contributed by atoms with Crippen LogP contribution in [0.3, 0.4) is 0 Å². The van der Waals surface area contributed by atoms with Crippen molar-refractivity contribution in [2.45, 2.75) is 66.8 Å². The predicted octanol–water partition coefficient (Wildman–Crippen LogP) is 3.65.